The molecule has 7 nitrogen and oxygen atoms in total. The van der Waals surface area contributed by atoms with E-state index in [-0.39, 0.29) is 25.0 Å². The number of carbonyl (C=O) groups excluding carboxylic acids is 2. The van der Waals surface area contributed by atoms with E-state index < -0.39 is 0 Å². The molecule has 3 rings (SSSR count). The summed E-state index contributed by atoms with van der Waals surface area (Å²) in [5, 5.41) is 9.15. The first-order valence-corrected chi connectivity index (χ1v) is 9.73. The van der Waals surface area contributed by atoms with Crippen molar-refractivity contribution in [1.29, 1.82) is 0 Å². The smallest absolute Gasteiger partial charge is 0.277 e. The number of aryl methyl sites for hydroxylation is 2. The quantitative estimate of drug-likeness (QED) is 0.693. The van der Waals surface area contributed by atoms with Gasteiger partial charge in [0.1, 0.15) is 5.70 Å². The molecule has 0 bridgehead atoms. The van der Waals surface area contributed by atoms with Crippen molar-refractivity contribution in [1.82, 2.24) is 14.7 Å². The largest absolute Gasteiger partial charge is 0.395 e. The number of aliphatic hydroxyl groups excluding tert-OH is 1. The lowest BCUT2D eigenvalue weighted by Crippen LogP contribution is -2.48. The number of rotatable bonds is 7. The molecule has 1 saturated heterocycles. The number of nitrogens with zero attached hydrogens (tertiary/aromatic N) is 3. The van der Waals surface area contributed by atoms with Crippen LogP contribution in [0.2, 0.25) is 0 Å². The van der Waals surface area contributed by atoms with E-state index in [2.05, 4.69) is 4.90 Å². The number of benzene rings is 1. The normalized spacial score (nSPS) is 18.6. The molecule has 1 N–H and O–H groups in total. The molecule has 0 spiro atoms. The highest BCUT2D eigenvalue weighted by molar-refractivity contribution is 6.35. The first-order valence-electron chi connectivity index (χ1n) is 9.73. The van der Waals surface area contributed by atoms with Gasteiger partial charge in [0.15, 0.2) is 0 Å². The van der Waals surface area contributed by atoms with Gasteiger partial charge in [-0.15, -0.1) is 0 Å². The topological polar surface area (TPSA) is 73.3 Å². The third kappa shape index (κ3) is 3.97. The van der Waals surface area contributed by atoms with E-state index in [1.54, 1.807) is 7.11 Å². The van der Waals surface area contributed by atoms with Gasteiger partial charge in [-0.2, -0.15) is 0 Å². The van der Waals surface area contributed by atoms with Crippen molar-refractivity contribution in [2.45, 2.75) is 13.8 Å². The Kier molecular flexibility index (Phi) is 6.49. The van der Waals surface area contributed by atoms with Gasteiger partial charge in [-0.3, -0.25) is 19.4 Å². The predicted molar refractivity (Wildman–Crippen MR) is 107 cm³/mol. The summed E-state index contributed by atoms with van der Waals surface area (Å²) in [4.78, 5) is 31.9. The summed E-state index contributed by atoms with van der Waals surface area (Å²) < 4.78 is 5.09. The molecule has 0 radical (unpaired) electrons. The number of methoxy groups -OCH3 is 1. The van der Waals surface area contributed by atoms with Crippen molar-refractivity contribution in [2.24, 2.45) is 0 Å². The van der Waals surface area contributed by atoms with Crippen LogP contribution in [0.1, 0.15) is 16.7 Å². The molecule has 0 aromatic heterocycles. The second-order valence-corrected chi connectivity index (χ2v) is 7.35. The Morgan fingerprint density at radius 2 is 1.75 bits per heavy atom. The van der Waals surface area contributed by atoms with E-state index in [0.29, 0.717) is 37.5 Å². The van der Waals surface area contributed by atoms with E-state index >= 15 is 0 Å². The molecule has 28 heavy (non-hydrogen) atoms. The number of piperazine rings is 1. The molecule has 1 aromatic rings. The SMILES string of the molecule is COCCN1C(=O)C(c2ccc(C)cc2C)=C(N2CCN(CCO)CC2)C1=O. The Labute approximate surface area is 166 Å². The predicted octanol–water partition coefficient (Wildman–Crippen LogP) is 0.640. The molecule has 0 unspecified atom stereocenters. The Balaban J connectivity index is 1.98. The maximum atomic E-state index is 13.2. The number of aliphatic hydroxyl groups is 1. The van der Waals surface area contributed by atoms with E-state index in [1.165, 1.54) is 4.90 Å². The number of β-amino-alcohol motifs (C(OH)–C–C–N with tert-alkyl or cyclic N) is 1. The number of imide groups is 1. The summed E-state index contributed by atoms with van der Waals surface area (Å²) in [5.41, 5.74) is 3.91. The van der Waals surface area contributed by atoms with Gasteiger partial charge in [-0.1, -0.05) is 23.8 Å². The standard InChI is InChI=1S/C21H29N3O4/c1-15-4-5-17(16(2)14-15)18-19(21(27)24(20(18)26)11-13-28-3)23-8-6-22(7-9-23)10-12-25/h4-5,14,25H,6-13H2,1-3H3. The Bertz CT molecular complexity index is 782. The second-order valence-electron chi connectivity index (χ2n) is 7.35. The zero-order chi connectivity index (χ0) is 20.3. The number of amides is 2. The third-order valence-electron chi connectivity index (χ3n) is 5.42. The van der Waals surface area contributed by atoms with Crippen molar-refractivity contribution in [2.75, 3.05) is 59.6 Å². The van der Waals surface area contributed by atoms with Crippen molar-refractivity contribution < 1.29 is 19.4 Å². The summed E-state index contributed by atoms with van der Waals surface area (Å²) >= 11 is 0. The van der Waals surface area contributed by atoms with E-state index in [9.17, 15) is 9.59 Å². The fourth-order valence-electron chi connectivity index (χ4n) is 3.92. The Morgan fingerprint density at radius 1 is 1.04 bits per heavy atom. The van der Waals surface area contributed by atoms with Crippen LogP contribution in [0, 0.1) is 13.8 Å². The summed E-state index contributed by atoms with van der Waals surface area (Å²) in [6.07, 6.45) is 0. The summed E-state index contributed by atoms with van der Waals surface area (Å²) in [5.74, 6) is -0.491. The lowest BCUT2D eigenvalue weighted by atomic mass is 9.97. The Hall–Kier alpha value is -2.22. The monoisotopic (exact) mass is 387 g/mol. The average Bonchev–Trinajstić information content (AvgIpc) is 2.91. The molecule has 1 fully saturated rings. The molecule has 7 heteroatoms. The maximum Gasteiger partial charge on any atom is 0.277 e. The highest BCUT2D eigenvalue weighted by atomic mass is 16.5. The van der Waals surface area contributed by atoms with Gasteiger partial charge in [-0.25, -0.2) is 0 Å². The molecule has 2 aliphatic heterocycles. The van der Waals surface area contributed by atoms with Gasteiger partial charge in [0.05, 0.1) is 25.3 Å². The summed E-state index contributed by atoms with van der Waals surface area (Å²) in [6, 6.07) is 5.95. The van der Waals surface area contributed by atoms with Gasteiger partial charge >= 0.3 is 0 Å². The fourth-order valence-corrected chi connectivity index (χ4v) is 3.92. The van der Waals surface area contributed by atoms with Crippen molar-refractivity contribution in [3.63, 3.8) is 0 Å². The number of hydrogen-bond acceptors (Lipinski definition) is 6. The van der Waals surface area contributed by atoms with Crippen LogP contribution < -0.4 is 0 Å². The van der Waals surface area contributed by atoms with E-state index in [1.807, 2.05) is 36.9 Å². The van der Waals surface area contributed by atoms with Crippen LogP contribution in [0.25, 0.3) is 5.57 Å². The third-order valence-corrected chi connectivity index (χ3v) is 5.42. The zero-order valence-corrected chi connectivity index (χ0v) is 16.9. The van der Waals surface area contributed by atoms with Crippen LogP contribution in [0.4, 0.5) is 0 Å². The molecule has 1 aromatic carbocycles. The van der Waals surface area contributed by atoms with Crippen LogP contribution >= 0.6 is 0 Å². The van der Waals surface area contributed by atoms with E-state index in [4.69, 9.17) is 9.84 Å². The zero-order valence-electron chi connectivity index (χ0n) is 16.9. The minimum atomic E-state index is -0.248. The number of carbonyl (C=O) groups is 2. The molecule has 2 aliphatic rings. The first-order chi connectivity index (χ1) is 13.5. The maximum absolute atomic E-state index is 13.2. The summed E-state index contributed by atoms with van der Waals surface area (Å²) in [6.45, 7) is 8.12. The second kappa shape index (κ2) is 8.86. The highest BCUT2D eigenvalue weighted by Crippen LogP contribution is 2.33. The van der Waals surface area contributed by atoms with Crippen LogP contribution in [-0.4, -0.2) is 91.2 Å². The van der Waals surface area contributed by atoms with E-state index in [0.717, 1.165) is 29.8 Å². The molecular formula is C21H29N3O4. The van der Waals surface area contributed by atoms with Gasteiger partial charge in [0.2, 0.25) is 0 Å². The van der Waals surface area contributed by atoms with Crippen molar-refractivity contribution in [3.05, 3.63) is 40.6 Å². The molecule has 2 amide bonds. The van der Waals surface area contributed by atoms with Gasteiger partial charge in [-0.05, 0) is 25.0 Å². The van der Waals surface area contributed by atoms with Crippen LogP contribution in [0.15, 0.2) is 23.9 Å². The molecule has 2 heterocycles. The molecule has 152 valence electrons. The first kappa shape index (κ1) is 20.5. The molecule has 0 saturated carbocycles. The van der Waals surface area contributed by atoms with Crippen molar-refractivity contribution in [3.8, 4) is 0 Å². The number of hydrogen-bond donors (Lipinski definition) is 1. The molecule has 0 aliphatic carbocycles. The lowest BCUT2D eigenvalue weighted by molar-refractivity contribution is -0.138. The van der Waals surface area contributed by atoms with Crippen LogP contribution in [0.3, 0.4) is 0 Å². The Morgan fingerprint density at radius 3 is 2.36 bits per heavy atom. The molecule has 0 atom stereocenters. The average molecular weight is 387 g/mol. The minimum Gasteiger partial charge on any atom is -0.395 e. The molecular weight excluding hydrogens is 358 g/mol. The fraction of sp³-hybridized carbons (Fsp3) is 0.524. The lowest BCUT2D eigenvalue weighted by Gasteiger charge is -2.36. The minimum absolute atomic E-state index is 0.124. The van der Waals surface area contributed by atoms with Gasteiger partial charge in [0.25, 0.3) is 11.8 Å². The van der Waals surface area contributed by atoms with Gasteiger partial charge < -0.3 is 14.7 Å². The highest BCUT2D eigenvalue weighted by Gasteiger charge is 2.42. The summed E-state index contributed by atoms with van der Waals surface area (Å²) in [7, 11) is 1.56. The van der Waals surface area contributed by atoms with Crippen LogP contribution in [0.5, 0.6) is 0 Å². The van der Waals surface area contributed by atoms with Gasteiger partial charge in [0, 0.05) is 39.8 Å². The van der Waals surface area contributed by atoms with Crippen molar-refractivity contribution >= 4 is 17.4 Å². The number of ether oxygens (including phenoxy) is 1. The van der Waals surface area contributed by atoms with Crippen LogP contribution in [-0.2, 0) is 14.3 Å².